The smallest absolute Gasteiger partial charge is 0.163 e. The van der Waals surface area contributed by atoms with E-state index in [-0.39, 0.29) is 67.4 Å². The number of carbonyl (C=O) groups excluding carboxylic acids is 2. The topological polar surface area (TPSA) is 221 Å². The summed E-state index contributed by atoms with van der Waals surface area (Å²) in [5.41, 5.74) is 5.65. The first-order valence-corrected chi connectivity index (χ1v) is 26.2. The molecule has 8 N–H and O–H groups in total. The van der Waals surface area contributed by atoms with Crippen molar-refractivity contribution in [1.29, 1.82) is 0 Å². The highest BCUT2D eigenvalue weighted by Gasteiger charge is 2.45. The zero-order valence-electron chi connectivity index (χ0n) is 41.4. The van der Waals surface area contributed by atoms with Crippen molar-refractivity contribution in [2.45, 2.75) is 126 Å². The number of phenolic OH excluding ortho intramolecular Hbond substituents is 2. The van der Waals surface area contributed by atoms with Gasteiger partial charge in [0, 0.05) is 42.7 Å². The lowest BCUT2D eigenvalue weighted by Gasteiger charge is -2.42. The Bertz CT molecular complexity index is 2970. The van der Waals surface area contributed by atoms with Crippen molar-refractivity contribution < 1.29 is 45.0 Å². The molecule has 0 amide bonds. The maximum Gasteiger partial charge on any atom is 0.163 e. The average molecular weight is 987 g/mol. The third-order valence-electron chi connectivity index (χ3n) is 15.9. The number of aliphatic hydroxyl groups excluding tert-OH is 3. The molecule has 0 spiro atoms. The lowest BCUT2D eigenvalue weighted by molar-refractivity contribution is -0.135. The van der Waals surface area contributed by atoms with E-state index in [9.17, 15) is 35.4 Å². The van der Waals surface area contributed by atoms with E-state index in [0.29, 0.717) is 59.7 Å². The number of Topliss-reactive ketones (excluding diaryl/α,β-unsaturated/α-hetero) is 2. The number of aliphatic hydroxyl groups is 4. The van der Waals surface area contributed by atoms with Gasteiger partial charge in [0.25, 0.3) is 0 Å². The minimum atomic E-state index is -1.48. The second-order valence-corrected chi connectivity index (χ2v) is 20.9. The lowest BCUT2D eigenvalue weighted by Crippen LogP contribution is -2.41. The van der Waals surface area contributed by atoms with Crippen LogP contribution >= 0.6 is 0 Å². The summed E-state index contributed by atoms with van der Waals surface area (Å²) in [6, 6.07) is 17.2. The molecule has 8 atom stereocenters. The van der Waals surface area contributed by atoms with Crippen LogP contribution in [0.5, 0.6) is 17.2 Å². The molecule has 5 aliphatic rings. The van der Waals surface area contributed by atoms with E-state index in [0.717, 1.165) is 59.9 Å². The number of ether oxygens (including phenoxy) is 1. The summed E-state index contributed by atoms with van der Waals surface area (Å²) >= 11 is 0. The largest absolute Gasteiger partial charge is 0.664 e. The second-order valence-electron chi connectivity index (χ2n) is 20.9. The minimum absolute atomic E-state index is 0.0441. The van der Waals surface area contributed by atoms with Crippen molar-refractivity contribution in [3.63, 3.8) is 0 Å². The second kappa shape index (κ2) is 21.6. The number of hydrogen-bond donors (Lipinski definition) is 8. The number of aromatic amines is 1. The molecule has 13 heteroatoms. The molecule has 13 nitrogen and oxygen atoms in total. The quantitative estimate of drug-likeness (QED) is 0.0381. The Labute approximate surface area is 426 Å². The number of carbonyl (C=O) groups is 2. The van der Waals surface area contributed by atoms with Crippen LogP contribution in [0.15, 0.2) is 84.7 Å². The normalized spacial score (nSPS) is 26.2. The number of benzene rings is 3. The molecule has 0 saturated heterocycles. The molecule has 10 rings (SSSR count). The zero-order chi connectivity index (χ0) is 50.8. The van der Waals surface area contributed by atoms with E-state index in [2.05, 4.69) is 29.1 Å². The Morgan fingerprint density at radius 3 is 2.60 bits per heavy atom. The molecule has 1 saturated carbocycles. The van der Waals surface area contributed by atoms with Gasteiger partial charge in [0.2, 0.25) is 0 Å². The standard InChI is InChI=1S/C60H66N4O9/c1-2-23-61-34-40-13-14-49-46-32-50-44(19-25-62-50)48(33-60(72)21-16-36-6-5-9-51(66)43(36)17-22-60)55(46)58(71)45(20-26-65)52(67)15-10-35-27-47(57(70)54(28-35)73-42-7-3-4-8-42)56(69)38-12-11-37(31-53(40)68)41(29-38)30-39-18-24-63-59(39)64-49/h5-6,9,11-12,17-19,22,24-25,27-29,32,40,42,45,48-49,53,55-56,61,63,65-66,68-70,72H,2-4,7-8,10,15-16,20-21,23,26,30-31,33-34H2,1H3/q-2. The number of rotatable bonds is 10. The molecule has 5 bridgehead atoms. The SMILES string of the molecule is CCCNCC1C#CC2[N-]c3[nH]ccc3Cc3cc(ccc3CC1O)C(O)c1cc(cc(OC3CCCC3)c1O)CCC(=O)C(CCO)C(=O)C1C2=Cc2[n-]ccc2C1CC1(O)C=Cc2c(O)cccc2CC1. The van der Waals surface area contributed by atoms with E-state index < -0.39 is 65.7 Å². The number of ketones is 2. The summed E-state index contributed by atoms with van der Waals surface area (Å²) < 4.78 is 6.44. The molecule has 1 fully saturated rings. The highest BCUT2D eigenvalue weighted by Crippen LogP contribution is 2.50. The number of nitrogens with zero attached hydrogens (tertiary/aromatic N) is 2. The maximum atomic E-state index is 16.0. The summed E-state index contributed by atoms with van der Waals surface area (Å²) in [6.07, 6.45) is 12.1. The summed E-state index contributed by atoms with van der Waals surface area (Å²) in [6.45, 7) is 2.67. The molecule has 3 aliphatic carbocycles. The van der Waals surface area contributed by atoms with Crippen LogP contribution in [-0.4, -0.2) is 90.7 Å². The van der Waals surface area contributed by atoms with Crippen LogP contribution < -0.4 is 15.0 Å². The fourth-order valence-corrected chi connectivity index (χ4v) is 11.9. The van der Waals surface area contributed by atoms with Crippen molar-refractivity contribution in [2.24, 2.45) is 17.8 Å². The van der Waals surface area contributed by atoms with Crippen molar-refractivity contribution in [1.82, 2.24) is 15.3 Å². The first-order valence-electron chi connectivity index (χ1n) is 26.2. The Morgan fingerprint density at radius 2 is 1.78 bits per heavy atom. The third-order valence-corrected chi connectivity index (χ3v) is 15.9. The van der Waals surface area contributed by atoms with Crippen LogP contribution in [0.4, 0.5) is 5.82 Å². The molecule has 3 aromatic carbocycles. The number of H-pyrrole nitrogens is 1. The number of phenols is 2. The van der Waals surface area contributed by atoms with Gasteiger partial charge in [-0.2, -0.15) is 6.20 Å². The van der Waals surface area contributed by atoms with Crippen LogP contribution in [-0.2, 0) is 35.3 Å². The molecular formula is C60H66N4O9-2. The van der Waals surface area contributed by atoms with Crippen LogP contribution in [0.2, 0.25) is 0 Å². The molecular weight excluding hydrogens is 921 g/mol. The van der Waals surface area contributed by atoms with Gasteiger partial charge >= 0.3 is 0 Å². The van der Waals surface area contributed by atoms with Crippen molar-refractivity contribution in [2.75, 3.05) is 19.7 Å². The summed E-state index contributed by atoms with van der Waals surface area (Å²) in [5.74, 6) is 2.97. The highest BCUT2D eigenvalue weighted by molar-refractivity contribution is 6.05. The number of fused-ring (bicyclic) bond motifs is 8. The van der Waals surface area contributed by atoms with Gasteiger partial charge in [0.05, 0.1) is 29.6 Å². The monoisotopic (exact) mass is 986 g/mol. The van der Waals surface area contributed by atoms with Gasteiger partial charge in [-0.1, -0.05) is 97.0 Å². The van der Waals surface area contributed by atoms with Crippen molar-refractivity contribution in [3.8, 4) is 29.1 Å². The Hall–Kier alpha value is -6.40. The number of hydrogen-bond acceptors (Lipinski definition) is 10. The van der Waals surface area contributed by atoms with E-state index in [1.807, 2.05) is 42.5 Å². The Balaban J connectivity index is 1.16. The summed E-state index contributed by atoms with van der Waals surface area (Å²) in [7, 11) is 0. The molecule has 382 valence electrons. The Morgan fingerprint density at radius 1 is 0.932 bits per heavy atom. The van der Waals surface area contributed by atoms with Gasteiger partial charge in [-0.25, -0.2) is 0 Å². The van der Waals surface area contributed by atoms with Gasteiger partial charge in [-0.3, -0.25) is 9.59 Å². The fraction of sp³-hybridized carbons (Fsp3) is 0.433. The van der Waals surface area contributed by atoms with Gasteiger partial charge in [0.1, 0.15) is 17.6 Å². The molecule has 2 aromatic heterocycles. The minimum Gasteiger partial charge on any atom is -0.664 e. The summed E-state index contributed by atoms with van der Waals surface area (Å²) in [5, 5.41) is 79.6. The van der Waals surface area contributed by atoms with E-state index in [4.69, 9.17) is 15.0 Å². The van der Waals surface area contributed by atoms with Crippen molar-refractivity contribution in [3.05, 3.63) is 146 Å². The first-order chi connectivity index (χ1) is 35.4. The van der Waals surface area contributed by atoms with Crippen LogP contribution in [0.1, 0.15) is 132 Å². The van der Waals surface area contributed by atoms with E-state index in [1.165, 1.54) is 0 Å². The number of aromatic nitrogens is 2. The van der Waals surface area contributed by atoms with Gasteiger partial charge < -0.3 is 56.0 Å². The third kappa shape index (κ3) is 10.5. The Kier molecular flexibility index (Phi) is 14.8. The summed E-state index contributed by atoms with van der Waals surface area (Å²) in [4.78, 5) is 39.1. The molecule has 2 aliphatic heterocycles. The predicted molar refractivity (Wildman–Crippen MR) is 279 cm³/mol. The number of aromatic hydroxyl groups is 2. The van der Waals surface area contributed by atoms with Crippen LogP contribution in [0.25, 0.3) is 17.5 Å². The van der Waals surface area contributed by atoms with Gasteiger partial charge in [0.15, 0.2) is 17.3 Å². The van der Waals surface area contributed by atoms with Crippen LogP contribution in [0, 0.1) is 29.6 Å². The maximum absolute atomic E-state index is 16.0. The molecule has 5 aromatic rings. The average Bonchev–Trinajstić information content (AvgIpc) is 4.16. The molecule has 8 unspecified atom stereocenters. The van der Waals surface area contributed by atoms with E-state index in [1.54, 1.807) is 48.8 Å². The number of aryl methyl sites for hydroxylation is 2. The van der Waals surface area contributed by atoms with Crippen LogP contribution in [0.3, 0.4) is 0 Å². The number of nitrogens with one attached hydrogen (secondary N) is 2. The highest BCUT2D eigenvalue weighted by atomic mass is 16.5. The molecule has 73 heavy (non-hydrogen) atoms. The van der Waals surface area contributed by atoms with Gasteiger partial charge in [-0.15, -0.1) is 5.69 Å². The predicted octanol–water partition coefficient (Wildman–Crippen LogP) is 7.95. The lowest BCUT2D eigenvalue weighted by atomic mass is 9.65. The molecule has 0 radical (unpaired) electrons. The fourth-order valence-electron chi connectivity index (χ4n) is 11.9. The molecule has 4 heterocycles. The first kappa shape index (κ1) is 50.1. The van der Waals surface area contributed by atoms with Gasteiger partial charge in [-0.05, 0) is 147 Å². The van der Waals surface area contributed by atoms with E-state index >= 15 is 4.79 Å². The van der Waals surface area contributed by atoms with Crippen molar-refractivity contribution >= 4 is 29.5 Å². The zero-order valence-corrected chi connectivity index (χ0v) is 41.4.